The van der Waals surface area contributed by atoms with Crippen LogP contribution in [-0.4, -0.2) is 44.7 Å². The number of nitrogens with zero attached hydrogens (tertiary/aromatic N) is 1. The third-order valence-electron chi connectivity index (χ3n) is 4.92. The van der Waals surface area contributed by atoms with Crippen molar-refractivity contribution in [2.45, 2.75) is 44.4 Å². The molecule has 2 amide bonds. The summed E-state index contributed by atoms with van der Waals surface area (Å²) in [6, 6.07) is 7.90. The molecule has 6 nitrogen and oxygen atoms in total. The average molecular weight is 333 g/mol. The van der Waals surface area contributed by atoms with Crippen LogP contribution in [0.15, 0.2) is 24.3 Å². The summed E-state index contributed by atoms with van der Waals surface area (Å²) in [5.74, 6) is -0.381. The number of urea groups is 1. The summed E-state index contributed by atoms with van der Waals surface area (Å²) in [4.78, 5) is 14.4. The zero-order valence-corrected chi connectivity index (χ0v) is 14.5. The smallest absolute Gasteiger partial charge is 0.319 e. The highest BCUT2D eigenvalue weighted by Gasteiger charge is 2.40. The van der Waals surface area contributed by atoms with E-state index >= 15 is 0 Å². The summed E-state index contributed by atoms with van der Waals surface area (Å²) < 4.78 is 11.4. The van der Waals surface area contributed by atoms with Gasteiger partial charge in [-0.05, 0) is 38.0 Å². The SMILES string of the molecule is CCN(C)c1cccc(NC(=O)NC2CCC3(CC2)OCCO3)c1. The zero-order chi connectivity index (χ0) is 17.0. The van der Waals surface area contributed by atoms with Crippen LogP contribution in [-0.2, 0) is 9.47 Å². The highest BCUT2D eigenvalue weighted by atomic mass is 16.7. The van der Waals surface area contributed by atoms with Gasteiger partial charge in [-0.25, -0.2) is 4.79 Å². The van der Waals surface area contributed by atoms with Crippen LogP contribution in [0.1, 0.15) is 32.6 Å². The minimum absolute atomic E-state index is 0.152. The van der Waals surface area contributed by atoms with Crippen LogP contribution in [0.2, 0.25) is 0 Å². The van der Waals surface area contributed by atoms with Crippen molar-refractivity contribution in [3.05, 3.63) is 24.3 Å². The van der Waals surface area contributed by atoms with Crippen LogP contribution >= 0.6 is 0 Å². The predicted molar refractivity (Wildman–Crippen MR) is 94.4 cm³/mol. The number of hydrogen-bond donors (Lipinski definition) is 2. The Hall–Kier alpha value is -1.79. The first-order valence-corrected chi connectivity index (χ1v) is 8.77. The number of anilines is 2. The second kappa shape index (κ2) is 7.40. The zero-order valence-electron chi connectivity index (χ0n) is 14.5. The summed E-state index contributed by atoms with van der Waals surface area (Å²) in [7, 11) is 2.03. The molecule has 2 aliphatic rings. The van der Waals surface area contributed by atoms with E-state index in [9.17, 15) is 4.79 Å². The predicted octanol–water partition coefficient (Wildman–Crippen LogP) is 2.95. The van der Waals surface area contributed by atoms with E-state index in [-0.39, 0.29) is 17.9 Å². The van der Waals surface area contributed by atoms with Crippen molar-refractivity contribution in [1.82, 2.24) is 5.32 Å². The first-order valence-electron chi connectivity index (χ1n) is 8.77. The molecule has 0 aromatic heterocycles. The Morgan fingerprint density at radius 1 is 1.29 bits per heavy atom. The summed E-state index contributed by atoms with van der Waals surface area (Å²) in [6.07, 6.45) is 3.45. The van der Waals surface area contributed by atoms with Gasteiger partial charge in [0.25, 0.3) is 0 Å². The van der Waals surface area contributed by atoms with E-state index in [0.29, 0.717) is 13.2 Å². The summed E-state index contributed by atoms with van der Waals surface area (Å²) in [6.45, 7) is 4.38. The number of nitrogens with one attached hydrogen (secondary N) is 2. The van der Waals surface area contributed by atoms with Crippen molar-refractivity contribution in [3.8, 4) is 0 Å². The van der Waals surface area contributed by atoms with Gasteiger partial charge in [-0.1, -0.05) is 6.07 Å². The molecule has 0 atom stereocenters. The van der Waals surface area contributed by atoms with E-state index in [1.54, 1.807) is 0 Å². The van der Waals surface area contributed by atoms with Crippen molar-refractivity contribution in [2.75, 3.05) is 37.0 Å². The average Bonchev–Trinajstić information content (AvgIpc) is 3.05. The van der Waals surface area contributed by atoms with E-state index in [4.69, 9.17) is 9.47 Å². The molecule has 2 N–H and O–H groups in total. The lowest BCUT2D eigenvalue weighted by Crippen LogP contribution is -2.45. The highest BCUT2D eigenvalue weighted by molar-refractivity contribution is 5.90. The van der Waals surface area contributed by atoms with E-state index in [2.05, 4.69) is 22.5 Å². The number of hydrogen-bond acceptors (Lipinski definition) is 4. The van der Waals surface area contributed by atoms with Crippen molar-refractivity contribution >= 4 is 17.4 Å². The summed E-state index contributed by atoms with van der Waals surface area (Å²) in [5, 5.41) is 5.99. The fraction of sp³-hybridized carbons (Fsp3) is 0.611. The molecule has 0 radical (unpaired) electrons. The minimum Gasteiger partial charge on any atom is -0.375 e. The molecular formula is C18H27N3O3. The summed E-state index contributed by atoms with van der Waals surface area (Å²) >= 11 is 0. The molecule has 1 saturated heterocycles. The molecule has 1 heterocycles. The van der Waals surface area contributed by atoms with Gasteiger partial charge in [-0.2, -0.15) is 0 Å². The molecule has 2 fully saturated rings. The lowest BCUT2D eigenvalue weighted by Gasteiger charge is -2.35. The molecule has 1 aliphatic heterocycles. The molecule has 1 spiro atoms. The van der Waals surface area contributed by atoms with Gasteiger partial charge >= 0.3 is 6.03 Å². The van der Waals surface area contributed by atoms with Crippen LogP contribution < -0.4 is 15.5 Å². The molecule has 1 saturated carbocycles. The second-order valence-electron chi connectivity index (χ2n) is 6.54. The Bertz CT molecular complexity index is 562. The molecule has 1 aliphatic carbocycles. The van der Waals surface area contributed by atoms with Gasteiger partial charge in [0.2, 0.25) is 0 Å². The summed E-state index contributed by atoms with van der Waals surface area (Å²) in [5.41, 5.74) is 1.89. The van der Waals surface area contributed by atoms with Gasteiger partial charge in [-0.15, -0.1) is 0 Å². The van der Waals surface area contributed by atoms with Gasteiger partial charge in [0, 0.05) is 43.9 Å². The topological polar surface area (TPSA) is 62.8 Å². The number of carbonyl (C=O) groups excluding carboxylic acids is 1. The van der Waals surface area contributed by atoms with Gasteiger partial charge in [0.15, 0.2) is 5.79 Å². The maximum absolute atomic E-state index is 12.2. The van der Waals surface area contributed by atoms with Gasteiger partial charge < -0.3 is 25.0 Å². The molecule has 132 valence electrons. The number of amides is 2. The van der Waals surface area contributed by atoms with Gasteiger partial charge in [-0.3, -0.25) is 0 Å². The number of ether oxygens (including phenoxy) is 2. The third kappa shape index (κ3) is 3.99. The van der Waals surface area contributed by atoms with Crippen LogP contribution in [0, 0.1) is 0 Å². The maximum Gasteiger partial charge on any atom is 0.319 e. The fourth-order valence-corrected chi connectivity index (χ4v) is 3.34. The molecule has 1 aromatic rings. The Morgan fingerprint density at radius 3 is 2.67 bits per heavy atom. The Kier molecular flexibility index (Phi) is 5.26. The molecule has 3 rings (SSSR count). The Morgan fingerprint density at radius 2 is 2.00 bits per heavy atom. The van der Waals surface area contributed by atoms with Crippen LogP contribution in [0.4, 0.5) is 16.2 Å². The maximum atomic E-state index is 12.2. The van der Waals surface area contributed by atoms with Gasteiger partial charge in [0.1, 0.15) is 0 Å². The van der Waals surface area contributed by atoms with Crippen LogP contribution in [0.5, 0.6) is 0 Å². The Labute approximate surface area is 143 Å². The highest BCUT2D eigenvalue weighted by Crippen LogP contribution is 2.35. The van der Waals surface area contributed by atoms with Crippen molar-refractivity contribution in [2.24, 2.45) is 0 Å². The first-order chi connectivity index (χ1) is 11.6. The molecule has 0 bridgehead atoms. The molecule has 0 unspecified atom stereocenters. The lowest BCUT2D eigenvalue weighted by molar-refractivity contribution is -0.179. The molecular weight excluding hydrogens is 306 g/mol. The normalized spacial score (nSPS) is 20.1. The van der Waals surface area contributed by atoms with Gasteiger partial charge in [0.05, 0.1) is 13.2 Å². The van der Waals surface area contributed by atoms with Crippen molar-refractivity contribution in [3.63, 3.8) is 0 Å². The standard InChI is InChI=1S/C18H27N3O3/c1-3-21(2)16-6-4-5-15(13-16)20-17(22)19-14-7-9-18(10-8-14)23-11-12-24-18/h4-6,13-14H,3,7-12H2,1-2H3,(H2,19,20,22). The van der Waals surface area contributed by atoms with Crippen molar-refractivity contribution < 1.29 is 14.3 Å². The first kappa shape index (κ1) is 17.0. The van der Waals surface area contributed by atoms with E-state index < -0.39 is 0 Å². The molecule has 1 aromatic carbocycles. The van der Waals surface area contributed by atoms with Crippen molar-refractivity contribution in [1.29, 1.82) is 0 Å². The third-order valence-corrected chi connectivity index (χ3v) is 4.92. The number of benzene rings is 1. The molecule has 24 heavy (non-hydrogen) atoms. The van der Waals surface area contributed by atoms with E-state index in [0.717, 1.165) is 43.6 Å². The lowest BCUT2D eigenvalue weighted by atomic mass is 9.90. The fourth-order valence-electron chi connectivity index (χ4n) is 3.34. The number of carbonyl (C=O) groups is 1. The monoisotopic (exact) mass is 333 g/mol. The minimum atomic E-state index is -0.381. The van der Waals surface area contributed by atoms with Crippen LogP contribution in [0.25, 0.3) is 0 Å². The quantitative estimate of drug-likeness (QED) is 0.889. The number of rotatable bonds is 4. The van der Waals surface area contributed by atoms with Crippen LogP contribution in [0.3, 0.4) is 0 Å². The Balaban J connectivity index is 1.49. The molecule has 6 heteroatoms. The second-order valence-corrected chi connectivity index (χ2v) is 6.54. The largest absolute Gasteiger partial charge is 0.375 e. The van der Waals surface area contributed by atoms with E-state index in [1.807, 2.05) is 31.3 Å². The van der Waals surface area contributed by atoms with E-state index in [1.165, 1.54) is 0 Å².